The Bertz CT molecular complexity index is 1260. The fraction of sp³-hybridized carbons (Fsp3) is 0.273. The molecule has 0 saturated carbocycles. The van der Waals surface area contributed by atoms with Crippen LogP contribution in [0.15, 0.2) is 50.8 Å². The number of ether oxygens (including phenoxy) is 2. The molecule has 0 bridgehead atoms. The first-order chi connectivity index (χ1) is 15.4. The zero-order chi connectivity index (χ0) is 23.0. The summed E-state index contributed by atoms with van der Waals surface area (Å²) in [6.07, 6.45) is -0.686. The smallest absolute Gasteiger partial charge is 0.325 e. The number of hydrogen-bond acceptors (Lipinski definition) is 6. The van der Waals surface area contributed by atoms with Crippen molar-refractivity contribution in [2.45, 2.75) is 25.2 Å². The van der Waals surface area contributed by atoms with Gasteiger partial charge in [-0.05, 0) is 46.8 Å². The van der Waals surface area contributed by atoms with Crippen molar-refractivity contribution in [3.8, 4) is 22.8 Å². The Labute approximate surface area is 197 Å². The van der Waals surface area contributed by atoms with E-state index in [0.29, 0.717) is 33.6 Å². The number of carbonyl (C=O) groups excluding carboxylic acids is 1. The van der Waals surface area contributed by atoms with E-state index < -0.39 is 6.17 Å². The summed E-state index contributed by atoms with van der Waals surface area (Å²) in [6, 6.07) is 10.9. The molecule has 1 aromatic heterocycles. The first kappa shape index (κ1) is 22.3. The molecular formula is C22H22BrN4O4S+. The van der Waals surface area contributed by atoms with Crippen LogP contribution in [0.4, 0.5) is 5.69 Å². The lowest BCUT2D eigenvalue weighted by Gasteiger charge is -2.31. The summed E-state index contributed by atoms with van der Waals surface area (Å²) < 4.78 is 13.3. The number of thioether (sulfide) groups is 1. The number of aromatic nitrogens is 3. The maximum absolute atomic E-state index is 13.2. The molecule has 1 N–H and O–H groups in total. The Morgan fingerprint density at radius 1 is 1.22 bits per heavy atom. The molecule has 0 spiro atoms. The fourth-order valence-electron chi connectivity index (χ4n) is 3.85. The van der Waals surface area contributed by atoms with E-state index in [1.54, 1.807) is 35.9 Å². The first-order valence-electron chi connectivity index (χ1n) is 9.90. The molecule has 3 aromatic rings. The van der Waals surface area contributed by atoms with E-state index in [2.05, 4.69) is 20.9 Å². The molecule has 166 valence electrons. The topological polar surface area (TPSA) is 88.4 Å². The lowest BCUT2D eigenvalue weighted by Crippen LogP contribution is -2.60. The van der Waals surface area contributed by atoms with Crippen molar-refractivity contribution in [1.82, 2.24) is 10.1 Å². The van der Waals surface area contributed by atoms with E-state index in [0.717, 1.165) is 15.8 Å². The number of fused-ring (bicyclic) bond motifs is 3. The number of nitrogens with one attached hydrogen (secondary N) is 1. The Hall–Kier alpha value is -2.85. The van der Waals surface area contributed by atoms with Crippen LogP contribution in [0.25, 0.3) is 11.3 Å². The van der Waals surface area contributed by atoms with Crippen molar-refractivity contribution in [1.29, 1.82) is 0 Å². The van der Waals surface area contributed by atoms with Crippen molar-refractivity contribution in [2.24, 2.45) is 0 Å². The van der Waals surface area contributed by atoms with Gasteiger partial charge in [0.05, 0.1) is 25.5 Å². The zero-order valence-corrected chi connectivity index (χ0v) is 20.4. The van der Waals surface area contributed by atoms with Crippen LogP contribution in [0.1, 0.15) is 25.6 Å². The van der Waals surface area contributed by atoms with Gasteiger partial charge in [-0.15, -0.1) is 0 Å². The molecular weight excluding hydrogens is 496 g/mol. The van der Waals surface area contributed by atoms with Gasteiger partial charge in [0.1, 0.15) is 0 Å². The second-order valence-electron chi connectivity index (χ2n) is 7.02. The molecule has 1 aliphatic rings. The number of aromatic amines is 1. The third-order valence-corrected chi connectivity index (χ3v) is 6.38. The third-order valence-electron chi connectivity index (χ3n) is 5.14. The predicted molar refractivity (Wildman–Crippen MR) is 125 cm³/mol. The van der Waals surface area contributed by atoms with Crippen LogP contribution in [-0.2, 0) is 4.79 Å². The van der Waals surface area contributed by atoms with Crippen molar-refractivity contribution < 1.29 is 19.0 Å². The molecule has 32 heavy (non-hydrogen) atoms. The number of benzene rings is 2. The van der Waals surface area contributed by atoms with Gasteiger partial charge in [0.2, 0.25) is 11.1 Å². The number of methoxy groups -OCH3 is 2. The van der Waals surface area contributed by atoms with E-state index in [1.165, 1.54) is 18.7 Å². The number of hydrogen-bond donors (Lipinski definition) is 1. The molecule has 10 heteroatoms. The standard InChI is InChI=1S/C22H21BrN4O4S/c1-5-32-22-24-20(29)19-15-11-14(23)7-8-16(15)26(12(2)28)21(27(19)25-22)13-6-9-17(30-3)18(10-13)31-4/h6-11,21H,5H2,1-4H3/p+1. The van der Waals surface area contributed by atoms with Crippen molar-refractivity contribution >= 4 is 39.3 Å². The van der Waals surface area contributed by atoms with Gasteiger partial charge in [-0.1, -0.05) is 34.6 Å². The second-order valence-corrected chi connectivity index (χ2v) is 9.19. The van der Waals surface area contributed by atoms with Gasteiger partial charge in [-0.3, -0.25) is 14.6 Å². The number of rotatable bonds is 5. The van der Waals surface area contributed by atoms with Gasteiger partial charge in [0.15, 0.2) is 11.5 Å². The fourth-order valence-corrected chi connectivity index (χ4v) is 4.80. The first-order valence-corrected chi connectivity index (χ1v) is 11.7. The summed E-state index contributed by atoms with van der Waals surface area (Å²) in [7, 11) is 3.12. The van der Waals surface area contributed by atoms with Gasteiger partial charge in [-0.2, -0.15) is 0 Å². The van der Waals surface area contributed by atoms with E-state index in [9.17, 15) is 9.59 Å². The van der Waals surface area contributed by atoms with Gasteiger partial charge in [0, 0.05) is 22.1 Å². The Balaban J connectivity index is 2.06. The molecule has 1 aliphatic heterocycles. The van der Waals surface area contributed by atoms with E-state index in [1.807, 2.05) is 31.2 Å². The average molecular weight is 518 g/mol. The summed E-state index contributed by atoms with van der Waals surface area (Å²) in [5.74, 6) is 1.64. The molecule has 0 fully saturated rings. The maximum Gasteiger partial charge on any atom is 0.325 e. The molecule has 1 amide bonds. The average Bonchev–Trinajstić information content (AvgIpc) is 2.77. The summed E-state index contributed by atoms with van der Waals surface area (Å²) in [5, 5.41) is 5.20. The minimum atomic E-state index is -0.686. The highest BCUT2D eigenvalue weighted by Crippen LogP contribution is 2.40. The Kier molecular flexibility index (Phi) is 6.25. The largest absolute Gasteiger partial charge is 0.493 e. The van der Waals surface area contributed by atoms with Crippen molar-refractivity contribution in [3.63, 3.8) is 0 Å². The third kappa shape index (κ3) is 3.77. The van der Waals surface area contributed by atoms with Crippen LogP contribution in [0, 0.1) is 0 Å². The van der Waals surface area contributed by atoms with Crippen LogP contribution in [0.2, 0.25) is 0 Å². The van der Waals surface area contributed by atoms with E-state index in [-0.39, 0.29) is 11.5 Å². The lowest BCUT2D eigenvalue weighted by atomic mass is 10.0. The van der Waals surface area contributed by atoms with Gasteiger partial charge >= 0.3 is 11.3 Å². The Morgan fingerprint density at radius 2 is 1.97 bits per heavy atom. The molecule has 4 rings (SSSR count). The SMILES string of the molecule is CCSc1n[n+]2c(c(=O)[nH]1)-c1cc(Br)ccc1N(C(C)=O)C2c1ccc(OC)c(OC)c1. The number of carbonyl (C=O) groups is 1. The van der Waals surface area contributed by atoms with Crippen molar-refractivity contribution in [3.05, 3.63) is 56.8 Å². The molecule has 0 radical (unpaired) electrons. The van der Waals surface area contributed by atoms with Crippen molar-refractivity contribution in [2.75, 3.05) is 24.9 Å². The van der Waals surface area contributed by atoms with Crippen LogP contribution >= 0.6 is 27.7 Å². The van der Waals surface area contributed by atoms with Gasteiger partial charge < -0.3 is 9.47 Å². The second kappa shape index (κ2) is 8.95. The molecule has 0 aliphatic carbocycles. The number of nitrogens with zero attached hydrogens (tertiary/aromatic N) is 3. The van der Waals surface area contributed by atoms with Crippen LogP contribution in [0.3, 0.4) is 0 Å². The van der Waals surface area contributed by atoms with Crippen LogP contribution < -0.4 is 24.6 Å². The number of anilines is 1. The number of amides is 1. The van der Waals surface area contributed by atoms with Gasteiger partial charge in [0.25, 0.3) is 6.17 Å². The summed E-state index contributed by atoms with van der Waals surface area (Å²) in [6.45, 7) is 3.48. The molecule has 8 nitrogen and oxygen atoms in total. The van der Waals surface area contributed by atoms with Crippen LogP contribution in [0.5, 0.6) is 11.5 Å². The number of halogens is 1. The summed E-state index contributed by atoms with van der Waals surface area (Å²) in [5.41, 5.74) is 2.07. The molecule has 2 heterocycles. The molecule has 0 saturated heterocycles. The molecule has 1 atom stereocenters. The van der Waals surface area contributed by atoms with E-state index in [4.69, 9.17) is 14.6 Å². The highest BCUT2D eigenvalue weighted by Gasteiger charge is 2.45. The molecule has 2 aromatic carbocycles. The monoisotopic (exact) mass is 517 g/mol. The molecule has 1 unspecified atom stereocenters. The zero-order valence-electron chi connectivity index (χ0n) is 18.0. The minimum Gasteiger partial charge on any atom is -0.493 e. The Morgan fingerprint density at radius 3 is 2.62 bits per heavy atom. The predicted octanol–water partition coefficient (Wildman–Crippen LogP) is 3.53. The maximum atomic E-state index is 13.2. The minimum absolute atomic E-state index is 0.182. The lowest BCUT2D eigenvalue weighted by molar-refractivity contribution is -0.763. The summed E-state index contributed by atoms with van der Waals surface area (Å²) in [4.78, 5) is 30.7. The number of H-pyrrole nitrogens is 1. The summed E-state index contributed by atoms with van der Waals surface area (Å²) >= 11 is 4.90. The highest BCUT2D eigenvalue weighted by molar-refractivity contribution is 9.10. The normalized spacial score (nSPS) is 14.5. The van der Waals surface area contributed by atoms with Gasteiger partial charge in [-0.25, -0.2) is 4.90 Å². The van der Waals surface area contributed by atoms with Crippen LogP contribution in [-0.4, -0.2) is 36.0 Å². The van der Waals surface area contributed by atoms with E-state index >= 15 is 0 Å². The highest BCUT2D eigenvalue weighted by atomic mass is 79.9. The quantitative estimate of drug-likeness (QED) is 0.411.